The molecule has 208 valence electrons. The maximum atomic E-state index is 14.3. The Morgan fingerprint density at radius 2 is 1.98 bits per heavy atom. The normalized spacial score (nSPS) is 18.4. The first kappa shape index (κ1) is 26.3. The van der Waals surface area contributed by atoms with E-state index in [9.17, 15) is 10.1 Å². The molecule has 1 aliphatic carbocycles. The largest absolute Gasteiger partial charge is 0.492 e. The molecule has 9 heteroatoms. The van der Waals surface area contributed by atoms with Gasteiger partial charge >= 0.3 is 0 Å². The molecule has 0 radical (unpaired) electrons. The highest BCUT2D eigenvalue weighted by molar-refractivity contribution is 5.99. The second kappa shape index (κ2) is 10.6. The van der Waals surface area contributed by atoms with Crippen molar-refractivity contribution >= 4 is 11.9 Å². The number of aromatic nitrogens is 3. The summed E-state index contributed by atoms with van der Waals surface area (Å²) in [7, 11) is 1.87. The standard InChI is InChI=1S/C31H37N7O2/c1-4-40-27-15-26(35-17-24(27)16-32)21(2)38-20-31(7-8-31)28-23(19-36-10-5-6-11-36)13-22(14-25(28)29(38)39)18-37-12-9-34-30(37)33-3/h9,12-15,17,21H,4-8,10-11,18-20H2,1-3H3,(H,33,34). The predicted molar refractivity (Wildman–Crippen MR) is 152 cm³/mol. The van der Waals surface area contributed by atoms with Gasteiger partial charge in [-0.25, -0.2) is 4.98 Å². The zero-order valence-electron chi connectivity index (χ0n) is 23.6. The third-order valence-corrected chi connectivity index (χ3v) is 8.72. The zero-order chi connectivity index (χ0) is 27.9. The number of carbonyl (C=O) groups excluding carboxylic acids is 1. The topological polar surface area (TPSA) is 99.3 Å². The lowest BCUT2D eigenvalue weighted by Gasteiger charge is -2.40. The number of pyridine rings is 1. The number of likely N-dealkylation sites (tertiary alicyclic amines) is 1. The maximum Gasteiger partial charge on any atom is 0.254 e. The van der Waals surface area contributed by atoms with Crippen molar-refractivity contribution in [2.75, 3.05) is 38.6 Å². The molecule has 1 amide bonds. The Hall–Kier alpha value is -3.90. The molecule has 1 unspecified atom stereocenters. The zero-order valence-corrected chi connectivity index (χ0v) is 23.6. The molecule has 1 saturated carbocycles. The molecular formula is C31H37N7O2. The average molecular weight is 540 g/mol. The summed E-state index contributed by atoms with van der Waals surface area (Å²) in [5.74, 6) is 1.37. The van der Waals surface area contributed by atoms with Crippen LogP contribution in [0.25, 0.3) is 0 Å². The number of imidazole rings is 1. The van der Waals surface area contributed by atoms with Crippen LogP contribution in [0.2, 0.25) is 0 Å². The van der Waals surface area contributed by atoms with E-state index in [0.717, 1.165) is 55.2 Å². The molecular weight excluding hydrogens is 502 g/mol. The van der Waals surface area contributed by atoms with E-state index < -0.39 is 0 Å². The summed E-state index contributed by atoms with van der Waals surface area (Å²) in [6, 6.07) is 8.17. The number of nitriles is 1. The highest BCUT2D eigenvalue weighted by Gasteiger charge is 2.53. The molecule has 2 aromatic heterocycles. The lowest BCUT2D eigenvalue weighted by molar-refractivity contribution is 0.0633. The van der Waals surface area contributed by atoms with Gasteiger partial charge in [0.15, 0.2) is 0 Å². The molecule has 1 spiro atoms. The Kier molecular flexibility index (Phi) is 6.97. The highest BCUT2D eigenvalue weighted by atomic mass is 16.5. The van der Waals surface area contributed by atoms with Crippen molar-refractivity contribution < 1.29 is 9.53 Å². The van der Waals surface area contributed by atoms with Crippen LogP contribution in [-0.4, -0.2) is 63.5 Å². The van der Waals surface area contributed by atoms with Crippen LogP contribution in [0.1, 0.15) is 83.9 Å². The van der Waals surface area contributed by atoms with Crippen molar-refractivity contribution in [2.45, 2.75) is 64.1 Å². The summed E-state index contributed by atoms with van der Waals surface area (Å²) in [4.78, 5) is 27.8. The highest BCUT2D eigenvalue weighted by Crippen LogP contribution is 2.55. The fraction of sp³-hybridized carbons (Fsp3) is 0.484. The Morgan fingerprint density at radius 3 is 2.67 bits per heavy atom. The quantitative estimate of drug-likeness (QED) is 0.428. The number of rotatable bonds is 9. The van der Waals surface area contributed by atoms with Crippen molar-refractivity contribution in [1.29, 1.82) is 5.26 Å². The van der Waals surface area contributed by atoms with E-state index in [1.807, 2.05) is 38.1 Å². The van der Waals surface area contributed by atoms with Gasteiger partial charge in [0.1, 0.15) is 17.4 Å². The number of fused-ring (bicyclic) bond motifs is 2. The molecule has 2 fully saturated rings. The van der Waals surface area contributed by atoms with Crippen LogP contribution in [0.5, 0.6) is 5.75 Å². The summed E-state index contributed by atoms with van der Waals surface area (Å²) >= 11 is 0. The van der Waals surface area contributed by atoms with Crippen LogP contribution >= 0.6 is 0 Å². The third kappa shape index (κ3) is 4.71. The van der Waals surface area contributed by atoms with E-state index in [1.54, 1.807) is 12.4 Å². The van der Waals surface area contributed by atoms with Crippen molar-refractivity contribution in [1.82, 2.24) is 24.3 Å². The number of amides is 1. The minimum Gasteiger partial charge on any atom is -0.492 e. The Bertz CT molecular complexity index is 1460. The molecule has 1 aromatic carbocycles. The summed E-state index contributed by atoms with van der Waals surface area (Å²) in [5.41, 5.74) is 5.63. The number of hydrogen-bond donors (Lipinski definition) is 1. The van der Waals surface area contributed by atoms with Crippen LogP contribution in [0.15, 0.2) is 36.8 Å². The third-order valence-electron chi connectivity index (χ3n) is 8.72. The summed E-state index contributed by atoms with van der Waals surface area (Å²) in [5, 5.41) is 12.6. The molecule has 9 nitrogen and oxygen atoms in total. The second-order valence-electron chi connectivity index (χ2n) is 11.3. The number of carbonyl (C=O) groups is 1. The van der Waals surface area contributed by atoms with Gasteiger partial charge in [-0.15, -0.1) is 0 Å². The number of nitrogens with one attached hydrogen (secondary N) is 1. The maximum absolute atomic E-state index is 14.3. The van der Waals surface area contributed by atoms with Crippen LogP contribution in [0.3, 0.4) is 0 Å². The van der Waals surface area contributed by atoms with E-state index in [-0.39, 0.29) is 17.4 Å². The van der Waals surface area contributed by atoms with Gasteiger partial charge in [0.2, 0.25) is 5.95 Å². The predicted octanol–water partition coefficient (Wildman–Crippen LogP) is 4.48. The van der Waals surface area contributed by atoms with E-state index in [2.05, 4.69) is 43.0 Å². The number of nitrogens with zero attached hydrogens (tertiary/aromatic N) is 6. The van der Waals surface area contributed by atoms with Crippen molar-refractivity contribution in [3.63, 3.8) is 0 Å². The van der Waals surface area contributed by atoms with Crippen molar-refractivity contribution in [3.05, 3.63) is 70.3 Å². The molecule has 6 rings (SSSR count). The smallest absolute Gasteiger partial charge is 0.254 e. The lowest BCUT2D eigenvalue weighted by Crippen LogP contribution is -2.45. The SMILES string of the molecule is CCOc1cc(C(C)N2CC3(CC3)c3c(CN4CCCC4)cc(Cn4ccnc4NC)cc3C2=O)ncc1C#N. The molecule has 40 heavy (non-hydrogen) atoms. The first-order chi connectivity index (χ1) is 19.5. The first-order valence-electron chi connectivity index (χ1n) is 14.4. The molecule has 0 bridgehead atoms. The van der Waals surface area contributed by atoms with Gasteiger partial charge in [-0.1, -0.05) is 6.07 Å². The summed E-state index contributed by atoms with van der Waals surface area (Å²) < 4.78 is 7.80. The van der Waals surface area contributed by atoms with Crippen LogP contribution in [-0.2, 0) is 18.5 Å². The van der Waals surface area contributed by atoms with Crippen LogP contribution < -0.4 is 10.1 Å². The number of benzene rings is 1. The fourth-order valence-electron chi connectivity index (χ4n) is 6.52. The summed E-state index contributed by atoms with van der Waals surface area (Å²) in [6.07, 6.45) is 9.96. The van der Waals surface area contributed by atoms with E-state index in [0.29, 0.717) is 31.0 Å². The molecule has 2 aliphatic heterocycles. The molecule has 1 N–H and O–H groups in total. The van der Waals surface area contributed by atoms with E-state index in [1.165, 1.54) is 24.0 Å². The molecule has 3 aliphatic rings. The summed E-state index contributed by atoms with van der Waals surface area (Å²) in [6.45, 7) is 8.82. The average Bonchev–Trinajstić information content (AvgIpc) is 3.30. The van der Waals surface area contributed by atoms with Crippen molar-refractivity contribution in [2.24, 2.45) is 0 Å². The van der Waals surface area contributed by atoms with Crippen LogP contribution in [0, 0.1) is 11.3 Å². The van der Waals surface area contributed by atoms with Gasteiger partial charge in [-0.05, 0) is 75.4 Å². The monoisotopic (exact) mass is 539 g/mol. The number of hydrogen-bond acceptors (Lipinski definition) is 7. The molecule has 3 aromatic rings. The molecule has 1 atom stereocenters. The van der Waals surface area contributed by atoms with Gasteiger partial charge in [0.05, 0.1) is 24.9 Å². The van der Waals surface area contributed by atoms with Gasteiger partial charge in [-0.3, -0.25) is 14.7 Å². The minimum absolute atomic E-state index is 0.00836. The van der Waals surface area contributed by atoms with Gasteiger partial charge in [0, 0.05) is 55.8 Å². The number of anilines is 1. The molecule has 4 heterocycles. The fourth-order valence-corrected chi connectivity index (χ4v) is 6.52. The van der Waals surface area contributed by atoms with E-state index in [4.69, 9.17) is 4.74 Å². The van der Waals surface area contributed by atoms with Gasteiger partial charge in [0.25, 0.3) is 5.91 Å². The van der Waals surface area contributed by atoms with E-state index >= 15 is 0 Å². The Labute approximate surface area is 235 Å². The first-order valence-corrected chi connectivity index (χ1v) is 14.4. The lowest BCUT2D eigenvalue weighted by atomic mass is 9.81. The Morgan fingerprint density at radius 1 is 1.18 bits per heavy atom. The van der Waals surface area contributed by atoms with Gasteiger partial charge in [-0.2, -0.15) is 5.26 Å². The van der Waals surface area contributed by atoms with Crippen molar-refractivity contribution in [3.8, 4) is 11.8 Å². The van der Waals surface area contributed by atoms with Gasteiger partial charge < -0.3 is 19.5 Å². The second-order valence-corrected chi connectivity index (χ2v) is 11.3. The minimum atomic E-state index is -0.250. The number of ether oxygens (including phenoxy) is 1. The van der Waals surface area contributed by atoms with Crippen LogP contribution in [0.4, 0.5) is 5.95 Å². The Balaban J connectivity index is 1.40. The molecule has 1 saturated heterocycles.